The summed E-state index contributed by atoms with van der Waals surface area (Å²) in [5.41, 5.74) is 7.66. The number of carbonyl (C=O) groups is 1. The van der Waals surface area contributed by atoms with Gasteiger partial charge in [-0.1, -0.05) is 6.07 Å². The molecule has 13 nitrogen and oxygen atoms in total. The van der Waals surface area contributed by atoms with E-state index >= 15 is 0 Å². The monoisotopic (exact) mass is 560 g/mol. The third kappa shape index (κ3) is 7.41. The second-order valence-corrected chi connectivity index (χ2v) is 7.92. The minimum atomic E-state index is -5.08. The highest BCUT2D eigenvalue weighted by atomic mass is 19.4. The van der Waals surface area contributed by atoms with Gasteiger partial charge in [0.05, 0.1) is 13.7 Å². The van der Waals surface area contributed by atoms with Gasteiger partial charge in [0, 0.05) is 23.6 Å². The Hall–Kier alpha value is -5.25. The van der Waals surface area contributed by atoms with Gasteiger partial charge in [0.1, 0.15) is 17.6 Å². The molecular weight excluding hydrogens is 537 g/mol. The Morgan fingerprint density at radius 3 is 2.35 bits per heavy atom. The van der Waals surface area contributed by atoms with E-state index in [1.54, 1.807) is 48.5 Å². The van der Waals surface area contributed by atoms with E-state index in [0.29, 0.717) is 34.0 Å². The Morgan fingerprint density at radius 2 is 1.82 bits per heavy atom. The van der Waals surface area contributed by atoms with Crippen LogP contribution in [0.2, 0.25) is 0 Å². The number of methoxy groups -OCH3 is 1. The molecule has 0 aliphatic carbocycles. The lowest BCUT2D eigenvalue weighted by Gasteiger charge is -2.20. The Labute approximate surface area is 223 Å². The molecule has 4 rings (SSSR count). The number of aliphatic carboxylic acids is 1. The molecule has 1 atom stereocenters. The molecule has 0 bridgehead atoms. The Bertz CT molecular complexity index is 1500. The molecule has 0 radical (unpaired) electrons. The van der Waals surface area contributed by atoms with Gasteiger partial charge in [0.2, 0.25) is 0 Å². The number of aromatic amines is 1. The molecule has 16 heteroatoms. The number of nitrogens with zero attached hydrogens (tertiary/aromatic N) is 4. The number of nitrogens with one attached hydrogen (secondary N) is 3. The summed E-state index contributed by atoms with van der Waals surface area (Å²) in [7, 11) is 1.53. The number of nitrogen functional groups attached to an aromatic ring is 1. The number of ether oxygens (including phenoxy) is 1. The van der Waals surface area contributed by atoms with Gasteiger partial charge in [0.15, 0.2) is 5.82 Å². The molecule has 7 N–H and O–H groups in total. The zero-order chi connectivity index (χ0) is 29.4. The van der Waals surface area contributed by atoms with Crippen molar-refractivity contribution in [2.24, 2.45) is 5.73 Å². The van der Waals surface area contributed by atoms with Gasteiger partial charge in [-0.2, -0.15) is 13.2 Å². The van der Waals surface area contributed by atoms with E-state index in [4.69, 9.17) is 25.8 Å². The van der Waals surface area contributed by atoms with Crippen molar-refractivity contribution >= 4 is 17.5 Å². The number of rotatable bonds is 8. The summed E-state index contributed by atoms with van der Waals surface area (Å²) >= 11 is 0. The van der Waals surface area contributed by atoms with Crippen molar-refractivity contribution in [1.29, 1.82) is 5.41 Å². The minimum Gasteiger partial charge on any atom is -0.497 e. The number of carboxylic acids is 1. The molecule has 1 unspecified atom stereocenters. The van der Waals surface area contributed by atoms with Crippen LogP contribution in [0.1, 0.15) is 28.6 Å². The van der Waals surface area contributed by atoms with Crippen LogP contribution >= 0.6 is 0 Å². The predicted molar refractivity (Wildman–Crippen MR) is 135 cm³/mol. The van der Waals surface area contributed by atoms with Gasteiger partial charge in [0.25, 0.3) is 5.95 Å². The molecule has 0 saturated carbocycles. The van der Waals surface area contributed by atoms with Crippen LogP contribution in [0.4, 0.5) is 18.9 Å². The average Bonchev–Trinajstić information content (AvgIpc) is 3.32. The molecule has 0 aliphatic heterocycles. The zero-order valence-corrected chi connectivity index (χ0v) is 20.7. The summed E-state index contributed by atoms with van der Waals surface area (Å²) in [5, 5.41) is 32.1. The van der Waals surface area contributed by atoms with Crippen LogP contribution in [0.15, 0.2) is 65.7 Å². The van der Waals surface area contributed by atoms with Crippen LogP contribution in [0.5, 0.6) is 5.75 Å². The fraction of sp³-hybridized carbons (Fsp3) is 0.167. The highest BCUT2D eigenvalue weighted by Gasteiger charge is 2.38. The van der Waals surface area contributed by atoms with E-state index in [2.05, 4.69) is 25.4 Å². The number of aliphatic hydroxyl groups is 1. The smallest absolute Gasteiger partial charge is 0.490 e. The summed E-state index contributed by atoms with van der Waals surface area (Å²) < 4.78 is 38.2. The molecule has 2 aromatic carbocycles. The third-order valence-electron chi connectivity index (χ3n) is 5.14. The lowest BCUT2D eigenvalue weighted by Crippen LogP contribution is -2.21. The quantitative estimate of drug-likeness (QED) is 0.136. The average molecular weight is 560 g/mol. The van der Waals surface area contributed by atoms with Gasteiger partial charge in [-0.25, -0.2) is 19.6 Å². The number of alkyl halides is 3. The second kappa shape index (κ2) is 12.5. The number of anilines is 1. The Kier molecular flexibility index (Phi) is 9.18. The number of hydrogen-bond acceptors (Lipinski definition) is 9. The van der Waals surface area contributed by atoms with Crippen LogP contribution in [0.3, 0.4) is 0 Å². The standard InChI is InChI=1S/C22H22N8O3.C2HF3O2/c1-33-17-10-13(12-31)9-15(11-17)18(27-16-5-3-14(4-6-16)19(23)24)20-28-22(32)30(29-20)21-25-7-2-8-26-21;3-2(4,5)1(6)7/h2-11,18,27,31H,12H2,1H3,(H3,23,24)(H,28,29,32);(H,6,7). The van der Waals surface area contributed by atoms with Gasteiger partial charge >= 0.3 is 17.8 Å². The van der Waals surface area contributed by atoms with Crippen molar-refractivity contribution in [3.8, 4) is 11.7 Å². The highest BCUT2D eigenvalue weighted by Crippen LogP contribution is 2.29. The first-order valence-corrected chi connectivity index (χ1v) is 11.2. The normalized spacial score (nSPS) is 11.6. The van der Waals surface area contributed by atoms with E-state index in [9.17, 15) is 23.1 Å². The van der Waals surface area contributed by atoms with E-state index < -0.39 is 23.9 Å². The number of nitrogens with two attached hydrogens (primary N) is 1. The zero-order valence-electron chi connectivity index (χ0n) is 20.7. The first-order chi connectivity index (χ1) is 18.9. The maximum Gasteiger partial charge on any atom is 0.490 e. The van der Waals surface area contributed by atoms with Gasteiger partial charge in [-0.05, 0) is 53.6 Å². The van der Waals surface area contributed by atoms with Gasteiger partial charge in [-0.15, -0.1) is 9.78 Å². The lowest BCUT2D eigenvalue weighted by atomic mass is 10.0. The van der Waals surface area contributed by atoms with Crippen LogP contribution in [0, 0.1) is 5.41 Å². The van der Waals surface area contributed by atoms with Crippen molar-refractivity contribution < 1.29 is 32.9 Å². The molecular formula is C24H23F3N8O5. The van der Waals surface area contributed by atoms with Crippen molar-refractivity contribution in [3.05, 3.63) is 93.9 Å². The van der Waals surface area contributed by atoms with Crippen LogP contribution in [-0.2, 0) is 11.4 Å². The highest BCUT2D eigenvalue weighted by molar-refractivity contribution is 5.95. The largest absolute Gasteiger partial charge is 0.497 e. The van der Waals surface area contributed by atoms with Crippen molar-refractivity contribution in [2.45, 2.75) is 18.8 Å². The number of aliphatic hydroxyl groups excluding tert-OH is 1. The number of benzene rings is 2. The number of aromatic nitrogens is 5. The van der Waals surface area contributed by atoms with Crippen molar-refractivity contribution in [2.75, 3.05) is 12.4 Å². The maximum absolute atomic E-state index is 12.6. The van der Waals surface area contributed by atoms with E-state index in [-0.39, 0.29) is 18.4 Å². The minimum absolute atomic E-state index is 0.0376. The number of amidine groups is 1. The lowest BCUT2D eigenvalue weighted by molar-refractivity contribution is -0.192. The first kappa shape index (κ1) is 29.3. The molecule has 0 fully saturated rings. The molecule has 40 heavy (non-hydrogen) atoms. The van der Waals surface area contributed by atoms with Gasteiger partial charge in [-0.3, -0.25) is 10.4 Å². The molecule has 210 valence electrons. The summed E-state index contributed by atoms with van der Waals surface area (Å²) in [5.74, 6) is -1.81. The second-order valence-electron chi connectivity index (χ2n) is 7.92. The van der Waals surface area contributed by atoms with E-state index in [1.165, 1.54) is 19.5 Å². The SMILES string of the molecule is COc1cc(CO)cc(C(Nc2ccc(C(=N)N)cc2)c2nn(-c3ncccn3)c(=O)[nH]2)c1.O=C(O)C(F)(F)F. The molecule has 0 saturated heterocycles. The fourth-order valence-corrected chi connectivity index (χ4v) is 3.29. The number of halogens is 3. The summed E-state index contributed by atoms with van der Waals surface area (Å²) in [6.45, 7) is -0.187. The summed E-state index contributed by atoms with van der Waals surface area (Å²) in [6, 6.07) is 13.3. The predicted octanol–water partition coefficient (Wildman–Crippen LogP) is 1.97. The van der Waals surface area contributed by atoms with Crippen molar-refractivity contribution in [3.63, 3.8) is 0 Å². The number of carboxylic acid groups (broad SMARTS) is 1. The molecule has 2 heterocycles. The van der Waals surface area contributed by atoms with E-state index in [1.807, 2.05) is 0 Å². The fourth-order valence-electron chi connectivity index (χ4n) is 3.29. The van der Waals surface area contributed by atoms with E-state index in [0.717, 1.165) is 4.68 Å². The number of hydrogen-bond donors (Lipinski definition) is 6. The molecule has 2 aromatic heterocycles. The number of H-pyrrole nitrogens is 1. The van der Waals surface area contributed by atoms with Crippen LogP contribution in [0.25, 0.3) is 5.95 Å². The third-order valence-corrected chi connectivity index (χ3v) is 5.14. The summed E-state index contributed by atoms with van der Waals surface area (Å²) in [6.07, 6.45) is -2.05. The Morgan fingerprint density at radius 1 is 1.20 bits per heavy atom. The topological polar surface area (TPSA) is 205 Å². The van der Waals surface area contributed by atoms with Crippen LogP contribution in [-0.4, -0.2) is 60.0 Å². The van der Waals surface area contributed by atoms with Crippen molar-refractivity contribution in [1.82, 2.24) is 24.7 Å². The maximum atomic E-state index is 12.6. The molecule has 4 aromatic rings. The summed E-state index contributed by atoms with van der Waals surface area (Å²) in [4.78, 5) is 32.5. The molecule has 0 spiro atoms. The molecule has 0 amide bonds. The first-order valence-electron chi connectivity index (χ1n) is 11.2. The Balaban J connectivity index is 0.000000559. The van der Waals surface area contributed by atoms with Crippen LogP contribution < -0.4 is 21.5 Å². The van der Waals surface area contributed by atoms with Gasteiger partial charge < -0.3 is 26.0 Å². The molecule has 0 aliphatic rings.